The molecule has 0 bridgehead atoms. The average Bonchev–Trinajstić information content (AvgIpc) is 2.68. The van der Waals surface area contributed by atoms with Gasteiger partial charge in [0.25, 0.3) is 0 Å². The molecule has 0 spiro atoms. The third-order valence-electron chi connectivity index (χ3n) is 5.34. The molecule has 2 aromatic rings. The molecule has 0 aliphatic rings. The zero-order chi connectivity index (χ0) is 22.9. The summed E-state index contributed by atoms with van der Waals surface area (Å²) in [6.45, 7) is 5.23. The Kier molecular flexibility index (Phi) is 10.6. The first-order valence-corrected chi connectivity index (χ1v) is 15.7. The molecule has 4 nitrogen and oxygen atoms in total. The van der Waals surface area contributed by atoms with Gasteiger partial charge in [0.15, 0.2) is 0 Å². The fraction of sp³-hybridized carbons (Fsp3) is 0.478. The van der Waals surface area contributed by atoms with Crippen molar-refractivity contribution in [1.29, 1.82) is 0 Å². The summed E-state index contributed by atoms with van der Waals surface area (Å²) in [6.07, 6.45) is 3.69. The standard InChI is InChI=1S/C23H33AsClFNO3P/c1-23(2,19-7-9-20(26)10-8-19)12-3-4-14-27-22-11-6-18(16-21(22)25)17-24-13-5-15-31(28,29)30/h6-11,16,24,27H,3-5,12-15,17H2,1-2H3,(H2,28,29,30). The Morgan fingerprint density at radius 2 is 1.81 bits per heavy atom. The number of hydrogen-bond acceptors (Lipinski definition) is 2. The van der Waals surface area contributed by atoms with E-state index in [0.29, 0.717) is 11.4 Å². The van der Waals surface area contributed by atoms with Crippen LogP contribution in [0.5, 0.6) is 0 Å². The summed E-state index contributed by atoms with van der Waals surface area (Å²) < 4.78 is 24.0. The molecule has 2 rings (SSSR count). The summed E-state index contributed by atoms with van der Waals surface area (Å²) in [4.78, 5) is 17.8. The van der Waals surface area contributed by atoms with Crippen molar-refractivity contribution in [2.75, 3.05) is 18.0 Å². The van der Waals surface area contributed by atoms with Gasteiger partial charge in [-0.25, -0.2) is 4.39 Å². The van der Waals surface area contributed by atoms with Crippen LogP contribution in [0.2, 0.25) is 10.2 Å². The summed E-state index contributed by atoms with van der Waals surface area (Å²) in [5.74, 6) is -0.200. The first-order valence-electron chi connectivity index (χ1n) is 10.6. The van der Waals surface area contributed by atoms with Crippen molar-refractivity contribution in [3.63, 3.8) is 0 Å². The molecule has 31 heavy (non-hydrogen) atoms. The van der Waals surface area contributed by atoms with Crippen LogP contribution in [-0.2, 0) is 15.2 Å². The molecule has 0 amide bonds. The maximum absolute atomic E-state index is 13.1. The number of unbranched alkanes of at least 4 members (excludes halogenated alkanes) is 1. The SMILES string of the molecule is CC(C)(CCCCNc1ccc(C[AsH]CCCP(=O)(O)O)cc1Cl)c1ccc(F)cc1. The molecule has 0 aliphatic carbocycles. The smallest absolute Gasteiger partial charge is 0.207 e. The van der Waals surface area contributed by atoms with Crippen LogP contribution in [0.4, 0.5) is 10.1 Å². The number of nitrogens with one attached hydrogen (secondary N) is 1. The molecule has 1 atom stereocenters. The Morgan fingerprint density at radius 1 is 1.10 bits per heavy atom. The van der Waals surface area contributed by atoms with Crippen molar-refractivity contribution in [1.82, 2.24) is 0 Å². The summed E-state index contributed by atoms with van der Waals surface area (Å²) in [5.41, 5.74) is 3.30. The molecular formula is C23H33AsClFNO3P. The summed E-state index contributed by atoms with van der Waals surface area (Å²) in [6, 6.07) is 12.9. The van der Waals surface area contributed by atoms with Crippen molar-refractivity contribution < 1.29 is 18.7 Å². The van der Waals surface area contributed by atoms with Crippen molar-refractivity contribution >= 4 is 40.6 Å². The molecule has 2 aromatic carbocycles. The van der Waals surface area contributed by atoms with Gasteiger partial charge in [-0.2, -0.15) is 0 Å². The predicted octanol–water partition coefficient (Wildman–Crippen LogP) is 5.96. The van der Waals surface area contributed by atoms with E-state index in [1.165, 1.54) is 17.7 Å². The van der Waals surface area contributed by atoms with E-state index >= 15 is 0 Å². The van der Waals surface area contributed by atoms with Crippen LogP contribution in [-0.4, -0.2) is 38.2 Å². The number of anilines is 1. The fourth-order valence-corrected chi connectivity index (χ4v) is 7.21. The monoisotopic (exact) mass is 531 g/mol. The molecule has 3 N–H and O–H groups in total. The summed E-state index contributed by atoms with van der Waals surface area (Å²) in [7, 11) is -3.86. The molecule has 8 heteroatoms. The molecule has 0 radical (unpaired) electrons. The van der Waals surface area contributed by atoms with Crippen LogP contribution in [0.1, 0.15) is 50.7 Å². The normalized spacial score (nSPS) is 12.6. The molecule has 0 fully saturated rings. The fourth-order valence-electron chi connectivity index (χ4n) is 3.42. The van der Waals surface area contributed by atoms with Gasteiger partial charge in [0.2, 0.25) is 0 Å². The number of rotatable bonds is 13. The van der Waals surface area contributed by atoms with E-state index in [0.717, 1.165) is 47.5 Å². The molecule has 0 saturated heterocycles. The Bertz CT molecular complexity index is 874. The van der Waals surface area contributed by atoms with Crippen LogP contribution < -0.4 is 5.32 Å². The van der Waals surface area contributed by atoms with Gasteiger partial charge in [-0.1, -0.05) is 12.1 Å². The minimum absolute atomic E-state index is 0.0127. The minimum atomic E-state index is -3.86. The molecule has 0 aromatic heterocycles. The second-order valence-corrected chi connectivity index (χ2v) is 13.5. The Morgan fingerprint density at radius 3 is 2.45 bits per heavy atom. The average molecular weight is 532 g/mol. The second kappa shape index (κ2) is 12.4. The third-order valence-corrected chi connectivity index (χ3v) is 9.41. The maximum atomic E-state index is 13.1. The van der Waals surface area contributed by atoms with Crippen LogP contribution in [0.3, 0.4) is 0 Å². The Balaban J connectivity index is 1.69. The first-order chi connectivity index (χ1) is 14.6. The van der Waals surface area contributed by atoms with Crippen LogP contribution in [0.25, 0.3) is 0 Å². The van der Waals surface area contributed by atoms with Crippen molar-refractivity contribution in [2.45, 2.75) is 55.4 Å². The van der Waals surface area contributed by atoms with E-state index in [9.17, 15) is 8.96 Å². The van der Waals surface area contributed by atoms with Gasteiger partial charge in [0, 0.05) is 0 Å². The molecule has 172 valence electrons. The summed E-state index contributed by atoms with van der Waals surface area (Å²) >= 11 is 6.16. The van der Waals surface area contributed by atoms with Crippen LogP contribution >= 0.6 is 19.2 Å². The zero-order valence-electron chi connectivity index (χ0n) is 18.2. The minimum Gasteiger partial charge on any atom is -0.207 e. The number of hydrogen-bond donors (Lipinski definition) is 3. The first kappa shape index (κ1) is 26.4. The van der Waals surface area contributed by atoms with Crippen molar-refractivity contribution in [2.24, 2.45) is 0 Å². The van der Waals surface area contributed by atoms with Gasteiger partial charge in [0.1, 0.15) is 5.82 Å². The van der Waals surface area contributed by atoms with Gasteiger partial charge >= 0.3 is 163 Å². The van der Waals surface area contributed by atoms with Crippen molar-refractivity contribution in [3.8, 4) is 0 Å². The molecule has 0 saturated carbocycles. The van der Waals surface area contributed by atoms with E-state index in [1.54, 1.807) is 0 Å². The van der Waals surface area contributed by atoms with E-state index < -0.39 is 7.60 Å². The topological polar surface area (TPSA) is 69.6 Å². The van der Waals surface area contributed by atoms with Gasteiger partial charge in [0.05, 0.1) is 0 Å². The van der Waals surface area contributed by atoms with Crippen molar-refractivity contribution in [3.05, 3.63) is 64.4 Å². The summed E-state index contributed by atoms with van der Waals surface area (Å²) in [5, 5.41) is 6.01. The van der Waals surface area contributed by atoms with Gasteiger partial charge in [-0.3, -0.25) is 0 Å². The predicted molar refractivity (Wildman–Crippen MR) is 130 cm³/mol. The van der Waals surface area contributed by atoms with Gasteiger partial charge in [-0.05, 0) is 12.1 Å². The molecule has 0 aliphatic heterocycles. The second-order valence-electron chi connectivity index (χ2n) is 8.51. The van der Waals surface area contributed by atoms with E-state index in [1.807, 2.05) is 24.3 Å². The zero-order valence-corrected chi connectivity index (χ0v) is 22.0. The Hall–Kier alpha value is -0.832. The van der Waals surface area contributed by atoms with E-state index in [4.69, 9.17) is 21.4 Å². The number of halogens is 2. The molecular weight excluding hydrogens is 499 g/mol. The third kappa shape index (κ3) is 10.1. The van der Waals surface area contributed by atoms with Crippen LogP contribution in [0.15, 0.2) is 42.5 Å². The molecule has 0 heterocycles. The van der Waals surface area contributed by atoms with Crippen LogP contribution in [0, 0.1) is 5.82 Å². The Labute approximate surface area is 196 Å². The quantitative estimate of drug-likeness (QED) is 0.169. The van der Waals surface area contributed by atoms with E-state index in [2.05, 4.69) is 25.2 Å². The van der Waals surface area contributed by atoms with Gasteiger partial charge < -0.3 is 0 Å². The van der Waals surface area contributed by atoms with E-state index in [-0.39, 0.29) is 33.1 Å². The number of benzene rings is 2. The van der Waals surface area contributed by atoms with Gasteiger partial charge in [-0.15, -0.1) is 0 Å². The molecule has 1 unspecified atom stereocenters.